The van der Waals surface area contributed by atoms with E-state index in [9.17, 15) is 4.79 Å². The number of nitrogens with one attached hydrogen (secondary N) is 1. The molecular weight excluding hydrogens is 158 g/mol. The second kappa shape index (κ2) is 6.67. The number of alkyl carbamates (subject to hydrolysis) is 1. The van der Waals surface area contributed by atoms with E-state index in [0.717, 1.165) is 0 Å². The number of hydrogen-bond acceptors (Lipinski definition) is 3. The van der Waals surface area contributed by atoms with E-state index in [2.05, 4.69) is 16.6 Å². The molecule has 0 heterocycles. The van der Waals surface area contributed by atoms with E-state index in [1.807, 2.05) is 0 Å². The first-order chi connectivity index (χ1) is 5.70. The molecule has 0 aromatic rings. The van der Waals surface area contributed by atoms with Gasteiger partial charge in [0.2, 0.25) is 0 Å². The number of amides is 1. The van der Waals surface area contributed by atoms with Gasteiger partial charge in [-0.05, 0) is 6.92 Å². The standard InChI is InChI=1S/C8H15NO3/c1-4-5-7(2)12-8(10)9-6-11-3/h4,7H,1,5-6H2,2-3H3,(H,9,10). The van der Waals surface area contributed by atoms with Crippen molar-refractivity contribution in [2.24, 2.45) is 0 Å². The van der Waals surface area contributed by atoms with Gasteiger partial charge in [-0.2, -0.15) is 0 Å². The van der Waals surface area contributed by atoms with Crippen LogP contribution in [0.4, 0.5) is 4.79 Å². The van der Waals surface area contributed by atoms with Crippen LogP contribution in [0.2, 0.25) is 0 Å². The minimum Gasteiger partial charge on any atom is -0.446 e. The molecule has 0 aromatic carbocycles. The van der Waals surface area contributed by atoms with Crippen LogP contribution in [0.5, 0.6) is 0 Å². The predicted molar refractivity (Wildman–Crippen MR) is 45.8 cm³/mol. The van der Waals surface area contributed by atoms with Crippen LogP contribution in [-0.2, 0) is 9.47 Å². The van der Waals surface area contributed by atoms with E-state index in [1.165, 1.54) is 7.11 Å². The van der Waals surface area contributed by atoms with E-state index in [1.54, 1.807) is 13.0 Å². The third kappa shape index (κ3) is 5.73. The molecule has 4 nitrogen and oxygen atoms in total. The van der Waals surface area contributed by atoms with E-state index in [0.29, 0.717) is 6.42 Å². The molecule has 0 saturated heterocycles. The number of carbonyl (C=O) groups is 1. The van der Waals surface area contributed by atoms with Crippen LogP contribution in [0, 0.1) is 0 Å². The first-order valence-corrected chi connectivity index (χ1v) is 3.75. The maximum Gasteiger partial charge on any atom is 0.409 e. The largest absolute Gasteiger partial charge is 0.446 e. The molecule has 0 bridgehead atoms. The van der Waals surface area contributed by atoms with Crippen molar-refractivity contribution in [1.82, 2.24) is 5.32 Å². The molecule has 1 N–H and O–H groups in total. The van der Waals surface area contributed by atoms with Crippen molar-refractivity contribution in [3.63, 3.8) is 0 Å². The summed E-state index contributed by atoms with van der Waals surface area (Å²) in [6.07, 6.45) is 1.75. The molecule has 0 rings (SSSR count). The Labute approximate surface area is 72.5 Å². The van der Waals surface area contributed by atoms with Crippen molar-refractivity contribution < 1.29 is 14.3 Å². The minimum atomic E-state index is -0.466. The molecule has 70 valence electrons. The van der Waals surface area contributed by atoms with Crippen molar-refractivity contribution in [2.45, 2.75) is 19.4 Å². The van der Waals surface area contributed by atoms with Gasteiger partial charge < -0.3 is 9.47 Å². The monoisotopic (exact) mass is 173 g/mol. The highest BCUT2D eigenvalue weighted by molar-refractivity contribution is 5.67. The van der Waals surface area contributed by atoms with E-state index >= 15 is 0 Å². The van der Waals surface area contributed by atoms with Crippen LogP contribution >= 0.6 is 0 Å². The highest BCUT2D eigenvalue weighted by Crippen LogP contribution is 1.97. The SMILES string of the molecule is C=CCC(C)OC(=O)NCOC. The molecule has 1 amide bonds. The highest BCUT2D eigenvalue weighted by atomic mass is 16.6. The van der Waals surface area contributed by atoms with Crippen molar-refractivity contribution in [1.29, 1.82) is 0 Å². The molecule has 0 saturated carbocycles. The van der Waals surface area contributed by atoms with Crippen LogP contribution in [0.15, 0.2) is 12.7 Å². The second-order valence-electron chi connectivity index (χ2n) is 2.35. The molecule has 0 fully saturated rings. The van der Waals surface area contributed by atoms with Gasteiger partial charge in [-0.3, -0.25) is 5.32 Å². The third-order valence-electron chi connectivity index (χ3n) is 1.17. The van der Waals surface area contributed by atoms with Crippen LogP contribution < -0.4 is 5.32 Å². The van der Waals surface area contributed by atoms with Crippen molar-refractivity contribution >= 4 is 6.09 Å². The van der Waals surface area contributed by atoms with Crippen LogP contribution in [0.1, 0.15) is 13.3 Å². The van der Waals surface area contributed by atoms with E-state index in [4.69, 9.17) is 4.74 Å². The molecule has 1 unspecified atom stereocenters. The Bertz CT molecular complexity index is 147. The van der Waals surface area contributed by atoms with Crippen LogP contribution in [0.25, 0.3) is 0 Å². The summed E-state index contributed by atoms with van der Waals surface area (Å²) in [6, 6.07) is 0. The number of ether oxygens (including phenoxy) is 2. The lowest BCUT2D eigenvalue weighted by molar-refractivity contribution is 0.0916. The number of carbonyl (C=O) groups excluding carboxylic acids is 1. The van der Waals surface area contributed by atoms with E-state index < -0.39 is 6.09 Å². The lowest BCUT2D eigenvalue weighted by atomic mass is 10.3. The van der Waals surface area contributed by atoms with Gasteiger partial charge in [-0.15, -0.1) is 6.58 Å². The molecule has 0 aromatic heterocycles. The number of rotatable bonds is 5. The summed E-state index contributed by atoms with van der Waals surface area (Å²) in [5.41, 5.74) is 0. The second-order valence-corrected chi connectivity index (χ2v) is 2.35. The highest BCUT2D eigenvalue weighted by Gasteiger charge is 2.05. The lowest BCUT2D eigenvalue weighted by Gasteiger charge is -2.11. The van der Waals surface area contributed by atoms with Gasteiger partial charge in [0.1, 0.15) is 12.8 Å². The zero-order valence-electron chi connectivity index (χ0n) is 7.50. The molecule has 0 aliphatic heterocycles. The van der Waals surface area contributed by atoms with Gasteiger partial charge in [0, 0.05) is 13.5 Å². The minimum absolute atomic E-state index is 0.139. The summed E-state index contributed by atoms with van der Waals surface area (Å²) in [5, 5.41) is 2.40. The molecule has 12 heavy (non-hydrogen) atoms. The third-order valence-corrected chi connectivity index (χ3v) is 1.17. The van der Waals surface area contributed by atoms with Gasteiger partial charge in [0.05, 0.1) is 0 Å². The Morgan fingerprint density at radius 1 is 1.75 bits per heavy atom. The molecule has 0 spiro atoms. The van der Waals surface area contributed by atoms with Gasteiger partial charge >= 0.3 is 6.09 Å². The quantitative estimate of drug-likeness (QED) is 0.503. The fourth-order valence-corrected chi connectivity index (χ4v) is 0.638. The normalized spacial score (nSPS) is 11.8. The van der Waals surface area contributed by atoms with Gasteiger partial charge in [0.25, 0.3) is 0 Å². The maximum absolute atomic E-state index is 10.8. The Hall–Kier alpha value is -1.03. The van der Waals surface area contributed by atoms with Crippen LogP contribution in [-0.4, -0.2) is 26.0 Å². The molecule has 4 heteroatoms. The fourth-order valence-electron chi connectivity index (χ4n) is 0.638. The summed E-state index contributed by atoms with van der Waals surface area (Å²) in [6.45, 7) is 5.50. The van der Waals surface area contributed by atoms with E-state index in [-0.39, 0.29) is 12.8 Å². The molecule has 0 radical (unpaired) electrons. The average Bonchev–Trinajstić information content (AvgIpc) is 2.01. The molecule has 0 aliphatic rings. The van der Waals surface area contributed by atoms with Gasteiger partial charge in [-0.1, -0.05) is 6.08 Å². The fraction of sp³-hybridized carbons (Fsp3) is 0.625. The first kappa shape index (κ1) is 11.0. The Morgan fingerprint density at radius 3 is 2.92 bits per heavy atom. The van der Waals surface area contributed by atoms with Gasteiger partial charge in [-0.25, -0.2) is 4.79 Å². The summed E-state index contributed by atoms with van der Waals surface area (Å²) in [7, 11) is 1.49. The summed E-state index contributed by atoms with van der Waals surface area (Å²) < 4.78 is 9.51. The zero-order chi connectivity index (χ0) is 9.40. The Kier molecular flexibility index (Phi) is 6.09. The van der Waals surface area contributed by atoms with Crippen molar-refractivity contribution in [3.8, 4) is 0 Å². The smallest absolute Gasteiger partial charge is 0.409 e. The molecule has 1 atom stereocenters. The summed E-state index contributed by atoms with van der Waals surface area (Å²) in [4.78, 5) is 10.8. The maximum atomic E-state index is 10.8. The number of hydrogen-bond donors (Lipinski definition) is 1. The summed E-state index contributed by atoms with van der Waals surface area (Å²) in [5.74, 6) is 0. The van der Waals surface area contributed by atoms with Crippen molar-refractivity contribution in [3.05, 3.63) is 12.7 Å². The topological polar surface area (TPSA) is 47.6 Å². The molecule has 0 aliphatic carbocycles. The van der Waals surface area contributed by atoms with Crippen LogP contribution in [0.3, 0.4) is 0 Å². The predicted octanol–water partition coefficient (Wildman–Crippen LogP) is 1.28. The van der Waals surface area contributed by atoms with Gasteiger partial charge in [0.15, 0.2) is 0 Å². The zero-order valence-corrected chi connectivity index (χ0v) is 7.50. The number of methoxy groups -OCH3 is 1. The average molecular weight is 173 g/mol. The Balaban J connectivity index is 3.46. The van der Waals surface area contributed by atoms with Crippen molar-refractivity contribution in [2.75, 3.05) is 13.8 Å². The molecular formula is C8H15NO3. The first-order valence-electron chi connectivity index (χ1n) is 3.75. The lowest BCUT2D eigenvalue weighted by Crippen LogP contribution is -2.29. The summed E-state index contributed by atoms with van der Waals surface area (Å²) >= 11 is 0. The Morgan fingerprint density at radius 2 is 2.42 bits per heavy atom.